The predicted octanol–water partition coefficient (Wildman–Crippen LogP) is 2.95. The quantitative estimate of drug-likeness (QED) is 0.857. The Labute approximate surface area is 123 Å². The summed E-state index contributed by atoms with van der Waals surface area (Å²) in [5, 5.41) is 3.85. The third-order valence-electron chi connectivity index (χ3n) is 5.59. The largest absolute Gasteiger partial charge is 0.342 e. The fourth-order valence-electron chi connectivity index (χ4n) is 4.00. The third kappa shape index (κ3) is 3.55. The number of hydrogen-bond donors (Lipinski definition) is 1. The van der Waals surface area contributed by atoms with E-state index in [1.807, 2.05) is 0 Å². The molecule has 1 amide bonds. The number of carbonyl (C=O) groups is 1. The lowest BCUT2D eigenvalue weighted by Crippen LogP contribution is -2.49. The van der Waals surface area contributed by atoms with E-state index in [1.165, 1.54) is 32.1 Å². The second-order valence-corrected chi connectivity index (χ2v) is 7.23. The van der Waals surface area contributed by atoms with E-state index in [1.54, 1.807) is 0 Å². The van der Waals surface area contributed by atoms with Gasteiger partial charge in [0.15, 0.2) is 0 Å². The summed E-state index contributed by atoms with van der Waals surface area (Å²) in [5.41, 5.74) is 0. The smallest absolute Gasteiger partial charge is 0.225 e. The first-order chi connectivity index (χ1) is 9.74. The van der Waals surface area contributed by atoms with E-state index in [9.17, 15) is 4.79 Å². The van der Waals surface area contributed by atoms with Gasteiger partial charge in [0.1, 0.15) is 0 Å². The fraction of sp³-hybridized carbons (Fsp3) is 0.941. The molecule has 0 spiro atoms. The Bertz CT molecular complexity index is 326. The molecule has 1 aliphatic heterocycles. The molecule has 0 aromatic rings. The van der Waals surface area contributed by atoms with Crippen molar-refractivity contribution in [3.8, 4) is 0 Å². The van der Waals surface area contributed by atoms with Gasteiger partial charge in [-0.15, -0.1) is 0 Å². The molecule has 0 aromatic heterocycles. The lowest BCUT2D eigenvalue weighted by molar-refractivity contribution is -0.133. The molecule has 2 aliphatic carbocycles. The van der Waals surface area contributed by atoms with Crippen molar-refractivity contribution >= 4 is 5.91 Å². The van der Waals surface area contributed by atoms with Crippen molar-refractivity contribution in [1.82, 2.24) is 10.2 Å². The van der Waals surface area contributed by atoms with Gasteiger partial charge in [0.2, 0.25) is 5.91 Å². The van der Waals surface area contributed by atoms with Gasteiger partial charge in [-0.1, -0.05) is 19.3 Å². The van der Waals surface area contributed by atoms with Gasteiger partial charge < -0.3 is 10.2 Å². The van der Waals surface area contributed by atoms with Crippen LogP contribution in [0.4, 0.5) is 0 Å². The number of hydrogen-bond acceptors (Lipinski definition) is 2. The average Bonchev–Trinajstić information content (AvgIpc) is 3.33. The highest BCUT2D eigenvalue weighted by Crippen LogP contribution is 2.32. The molecule has 3 fully saturated rings. The number of rotatable bonds is 4. The number of nitrogens with zero attached hydrogens (tertiary/aromatic N) is 1. The van der Waals surface area contributed by atoms with Crippen LogP contribution in [0, 0.1) is 11.8 Å². The summed E-state index contributed by atoms with van der Waals surface area (Å²) >= 11 is 0. The maximum Gasteiger partial charge on any atom is 0.225 e. The Morgan fingerprint density at radius 1 is 1.00 bits per heavy atom. The van der Waals surface area contributed by atoms with Gasteiger partial charge in [0.25, 0.3) is 0 Å². The van der Waals surface area contributed by atoms with Crippen molar-refractivity contribution in [2.24, 2.45) is 11.8 Å². The van der Waals surface area contributed by atoms with Crippen molar-refractivity contribution in [2.45, 2.75) is 76.8 Å². The summed E-state index contributed by atoms with van der Waals surface area (Å²) in [6.07, 6.45) is 11.7. The molecule has 1 heterocycles. The number of piperidine rings is 1. The van der Waals surface area contributed by atoms with Crippen LogP contribution in [0.2, 0.25) is 0 Å². The van der Waals surface area contributed by atoms with Crippen LogP contribution in [0.15, 0.2) is 0 Å². The molecule has 114 valence electrons. The fourth-order valence-corrected chi connectivity index (χ4v) is 4.00. The third-order valence-corrected chi connectivity index (χ3v) is 5.59. The summed E-state index contributed by atoms with van der Waals surface area (Å²) in [5.74, 6) is 1.71. The highest BCUT2D eigenvalue weighted by Gasteiger charge is 2.35. The molecule has 1 unspecified atom stereocenters. The van der Waals surface area contributed by atoms with Crippen LogP contribution in [-0.4, -0.2) is 36.0 Å². The highest BCUT2D eigenvalue weighted by molar-refractivity contribution is 5.81. The zero-order valence-corrected chi connectivity index (χ0v) is 12.9. The SMILES string of the molecule is CC(NC1CCN(C(=O)C2CC2)CC1)C1CCCCC1. The summed E-state index contributed by atoms with van der Waals surface area (Å²) in [4.78, 5) is 14.2. The van der Waals surface area contributed by atoms with E-state index >= 15 is 0 Å². The van der Waals surface area contributed by atoms with Crippen LogP contribution in [0.3, 0.4) is 0 Å². The van der Waals surface area contributed by atoms with Gasteiger partial charge in [-0.2, -0.15) is 0 Å². The Hall–Kier alpha value is -0.570. The van der Waals surface area contributed by atoms with E-state index in [0.29, 0.717) is 23.9 Å². The molecule has 0 radical (unpaired) electrons. The molecule has 3 nitrogen and oxygen atoms in total. The molecule has 1 atom stereocenters. The van der Waals surface area contributed by atoms with E-state index in [2.05, 4.69) is 17.1 Å². The van der Waals surface area contributed by atoms with Crippen LogP contribution in [0.25, 0.3) is 0 Å². The first-order valence-electron chi connectivity index (χ1n) is 8.79. The van der Waals surface area contributed by atoms with Gasteiger partial charge >= 0.3 is 0 Å². The van der Waals surface area contributed by atoms with Crippen molar-refractivity contribution < 1.29 is 4.79 Å². The second kappa shape index (κ2) is 6.46. The first-order valence-corrected chi connectivity index (χ1v) is 8.79. The van der Waals surface area contributed by atoms with Gasteiger partial charge in [0, 0.05) is 31.1 Å². The molecule has 1 N–H and O–H groups in total. The molecule has 0 bridgehead atoms. The summed E-state index contributed by atoms with van der Waals surface area (Å²) in [6, 6.07) is 1.29. The zero-order chi connectivity index (χ0) is 13.9. The Kier molecular flexibility index (Phi) is 4.65. The lowest BCUT2D eigenvalue weighted by Gasteiger charge is -2.36. The zero-order valence-electron chi connectivity index (χ0n) is 12.9. The van der Waals surface area contributed by atoms with E-state index < -0.39 is 0 Å². The average molecular weight is 278 g/mol. The maximum atomic E-state index is 12.0. The summed E-state index contributed by atoms with van der Waals surface area (Å²) < 4.78 is 0. The lowest BCUT2D eigenvalue weighted by atomic mass is 9.84. The van der Waals surface area contributed by atoms with Crippen LogP contribution in [0.1, 0.15) is 64.7 Å². The topological polar surface area (TPSA) is 32.3 Å². The molecule has 0 aromatic carbocycles. The highest BCUT2D eigenvalue weighted by atomic mass is 16.2. The molecule has 3 aliphatic rings. The van der Waals surface area contributed by atoms with Gasteiger partial charge in [-0.05, 0) is 51.4 Å². The summed E-state index contributed by atoms with van der Waals surface area (Å²) in [6.45, 7) is 4.33. The minimum atomic E-state index is 0.390. The monoisotopic (exact) mass is 278 g/mol. The van der Waals surface area contributed by atoms with Crippen molar-refractivity contribution in [3.05, 3.63) is 0 Å². The van der Waals surface area contributed by atoms with Crippen molar-refractivity contribution in [2.75, 3.05) is 13.1 Å². The van der Waals surface area contributed by atoms with E-state index in [0.717, 1.165) is 44.7 Å². The minimum absolute atomic E-state index is 0.390. The van der Waals surface area contributed by atoms with Crippen molar-refractivity contribution in [3.63, 3.8) is 0 Å². The molecule has 1 saturated heterocycles. The van der Waals surface area contributed by atoms with Gasteiger partial charge in [0.05, 0.1) is 0 Å². The van der Waals surface area contributed by atoms with Crippen LogP contribution < -0.4 is 5.32 Å². The normalized spacial score (nSPS) is 27.6. The second-order valence-electron chi connectivity index (χ2n) is 7.23. The number of nitrogens with one attached hydrogen (secondary N) is 1. The Balaban J connectivity index is 1.40. The first kappa shape index (κ1) is 14.4. The number of carbonyl (C=O) groups excluding carboxylic acids is 1. The Morgan fingerprint density at radius 2 is 1.65 bits per heavy atom. The standard InChI is InChI=1S/C17H30N2O/c1-13(14-5-3-2-4-6-14)18-16-9-11-19(12-10-16)17(20)15-7-8-15/h13-16,18H,2-12H2,1H3. The van der Waals surface area contributed by atoms with Crippen LogP contribution >= 0.6 is 0 Å². The molecular weight excluding hydrogens is 248 g/mol. The number of amides is 1. The molecule has 2 saturated carbocycles. The molecule has 3 heteroatoms. The predicted molar refractivity (Wildman–Crippen MR) is 81.5 cm³/mol. The van der Waals surface area contributed by atoms with Gasteiger partial charge in [-0.25, -0.2) is 0 Å². The van der Waals surface area contributed by atoms with Crippen molar-refractivity contribution in [1.29, 1.82) is 0 Å². The minimum Gasteiger partial charge on any atom is -0.342 e. The Morgan fingerprint density at radius 3 is 2.25 bits per heavy atom. The van der Waals surface area contributed by atoms with Gasteiger partial charge in [-0.3, -0.25) is 4.79 Å². The maximum absolute atomic E-state index is 12.0. The summed E-state index contributed by atoms with van der Waals surface area (Å²) in [7, 11) is 0. The van der Waals surface area contributed by atoms with Crippen LogP contribution in [0.5, 0.6) is 0 Å². The number of likely N-dealkylation sites (tertiary alicyclic amines) is 1. The van der Waals surface area contributed by atoms with E-state index in [4.69, 9.17) is 0 Å². The van der Waals surface area contributed by atoms with E-state index in [-0.39, 0.29) is 0 Å². The molecule has 3 rings (SSSR count). The molecule has 20 heavy (non-hydrogen) atoms. The van der Waals surface area contributed by atoms with Crippen LogP contribution in [-0.2, 0) is 4.79 Å². The molecular formula is C17H30N2O.